The Balaban J connectivity index is 1.74. The van der Waals surface area contributed by atoms with Gasteiger partial charge in [0.2, 0.25) is 0 Å². The molecule has 1 amide bonds. The summed E-state index contributed by atoms with van der Waals surface area (Å²) in [5, 5.41) is 14.2. The summed E-state index contributed by atoms with van der Waals surface area (Å²) >= 11 is 1.28. The molecule has 3 rings (SSSR count). The fourth-order valence-corrected chi connectivity index (χ4v) is 5.98. The molecule has 1 aliphatic carbocycles. The number of hydrogen-bond donors (Lipinski definition) is 1. The van der Waals surface area contributed by atoms with Crippen LogP contribution in [0.5, 0.6) is 0 Å². The van der Waals surface area contributed by atoms with Gasteiger partial charge in [-0.1, -0.05) is 6.92 Å². The number of anilines is 1. The van der Waals surface area contributed by atoms with E-state index in [2.05, 4.69) is 12.2 Å². The molecule has 0 fully saturated rings. The second kappa shape index (κ2) is 10.5. The van der Waals surface area contributed by atoms with Gasteiger partial charge in [0, 0.05) is 17.2 Å². The number of nitrogens with zero attached hydrogens (tertiary/aromatic N) is 1. The molecule has 1 unspecified atom stereocenters. The number of carbonyl (C=O) groups is 3. The Hall–Kier alpha value is -3.32. The minimum absolute atomic E-state index is 0.176. The molecule has 13 heteroatoms. The predicted molar refractivity (Wildman–Crippen MR) is 127 cm³/mol. The lowest BCUT2D eigenvalue weighted by Crippen LogP contribution is -2.22. The molecule has 0 spiro atoms. The molecule has 188 valence electrons. The fraction of sp³-hybridized carbons (Fsp3) is 0.409. The Kier molecular flexibility index (Phi) is 7.90. The molecule has 1 atom stereocenters. The molecule has 0 saturated heterocycles. The van der Waals surface area contributed by atoms with Crippen molar-refractivity contribution in [2.24, 2.45) is 5.92 Å². The first-order valence-electron chi connectivity index (χ1n) is 10.7. The fourth-order valence-electron chi connectivity index (χ4n) is 3.74. The van der Waals surface area contributed by atoms with E-state index in [0.29, 0.717) is 22.9 Å². The Labute approximate surface area is 205 Å². The van der Waals surface area contributed by atoms with Crippen molar-refractivity contribution in [1.82, 2.24) is 0 Å². The summed E-state index contributed by atoms with van der Waals surface area (Å²) in [5.41, 5.74) is 0.107. The van der Waals surface area contributed by atoms with Gasteiger partial charge in [-0.15, -0.1) is 11.3 Å². The second-order valence-electron chi connectivity index (χ2n) is 8.11. The summed E-state index contributed by atoms with van der Waals surface area (Å²) in [6, 6.07) is 2.79. The van der Waals surface area contributed by atoms with Crippen molar-refractivity contribution in [3.63, 3.8) is 0 Å². The number of fused-ring (bicyclic) bond motifs is 1. The molecule has 1 heterocycles. The molecular weight excluding hydrogens is 500 g/mol. The van der Waals surface area contributed by atoms with Gasteiger partial charge in [0.05, 0.1) is 22.7 Å². The van der Waals surface area contributed by atoms with E-state index in [-0.39, 0.29) is 12.2 Å². The Morgan fingerprint density at radius 3 is 2.57 bits per heavy atom. The number of nitrogens with one attached hydrogen (secondary N) is 1. The van der Waals surface area contributed by atoms with Crippen LogP contribution in [0, 0.1) is 16.0 Å². The Morgan fingerprint density at radius 1 is 1.23 bits per heavy atom. The van der Waals surface area contributed by atoms with Crippen LogP contribution in [0.25, 0.3) is 0 Å². The number of esters is 2. The topological polar surface area (TPSA) is 159 Å². The van der Waals surface area contributed by atoms with Gasteiger partial charge in [-0.05, 0) is 49.8 Å². The highest BCUT2D eigenvalue weighted by Crippen LogP contribution is 2.40. The van der Waals surface area contributed by atoms with Crippen LogP contribution in [0.15, 0.2) is 23.1 Å². The van der Waals surface area contributed by atoms with Crippen molar-refractivity contribution in [3.8, 4) is 0 Å². The van der Waals surface area contributed by atoms with E-state index >= 15 is 0 Å². The highest BCUT2D eigenvalue weighted by molar-refractivity contribution is 7.90. The molecule has 0 bridgehead atoms. The molecule has 11 nitrogen and oxygen atoms in total. The number of benzene rings is 1. The van der Waals surface area contributed by atoms with Crippen LogP contribution < -0.4 is 5.32 Å². The molecule has 1 aliphatic rings. The highest BCUT2D eigenvalue weighted by Gasteiger charge is 2.29. The van der Waals surface area contributed by atoms with Gasteiger partial charge in [-0.3, -0.25) is 14.9 Å². The second-order valence-corrected chi connectivity index (χ2v) is 11.2. The summed E-state index contributed by atoms with van der Waals surface area (Å²) in [7, 11) is -3.90. The third-order valence-corrected chi connectivity index (χ3v) is 7.68. The van der Waals surface area contributed by atoms with E-state index in [0.717, 1.165) is 47.7 Å². The van der Waals surface area contributed by atoms with Gasteiger partial charge < -0.3 is 14.8 Å². The van der Waals surface area contributed by atoms with E-state index in [1.165, 1.54) is 11.3 Å². The van der Waals surface area contributed by atoms with Crippen molar-refractivity contribution < 1.29 is 37.2 Å². The van der Waals surface area contributed by atoms with E-state index in [9.17, 15) is 32.9 Å². The van der Waals surface area contributed by atoms with E-state index in [1.54, 1.807) is 6.92 Å². The minimum atomic E-state index is -3.90. The number of nitro benzene ring substituents is 1. The standard InChI is InChI=1S/C22H24N2O9S2/c1-4-32-22(27)19-14-7-5-12(2)9-16(14)34-20(19)23-18(25)11-33-21(26)13-6-8-17(35(3,30)31)15(10-13)24(28)29/h6,8,10,12H,4-5,7,9,11H2,1-3H3,(H,23,25). The van der Waals surface area contributed by atoms with Crippen molar-refractivity contribution in [2.45, 2.75) is 38.0 Å². The number of amides is 1. The van der Waals surface area contributed by atoms with E-state index in [1.807, 2.05) is 0 Å². The Bertz CT molecular complexity index is 1300. The molecule has 2 aromatic rings. The molecule has 1 aromatic carbocycles. The largest absolute Gasteiger partial charge is 0.462 e. The summed E-state index contributed by atoms with van der Waals surface area (Å²) in [6.07, 6.45) is 3.18. The summed E-state index contributed by atoms with van der Waals surface area (Å²) in [4.78, 5) is 48.2. The number of carbonyl (C=O) groups excluding carboxylic acids is 3. The Morgan fingerprint density at radius 2 is 1.94 bits per heavy atom. The number of nitro groups is 1. The van der Waals surface area contributed by atoms with Gasteiger partial charge in [-0.25, -0.2) is 18.0 Å². The molecule has 1 aromatic heterocycles. The van der Waals surface area contributed by atoms with Crippen molar-refractivity contribution in [3.05, 3.63) is 49.9 Å². The number of rotatable bonds is 8. The molecular formula is C22H24N2O9S2. The zero-order chi connectivity index (χ0) is 25.9. The number of thiophene rings is 1. The molecule has 35 heavy (non-hydrogen) atoms. The lowest BCUT2D eigenvalue weighted by Gasteiger charge is -2.18. The predicted octanol–water partition coefficient (Wildman–Crippen LogP) is 3.16. The number of ether oxygens (including phenoxy) is 2. The van der Waals surface area contributed by atoms with Crippen LogP contribution in [-0.2, 0) is 36.9 Å². The third-order valence-electron chi connectivity index (χ3n) is 5.37. The van der Waals surface area contributed by atoms with Crippen molar-refractivity contribution >= 4 is 49.7 Å². The summed E-state index contributed by atoms with van der Waals surface area (Å²) < 4.78 is 33.6. The monoisotopic (exact) mass is 524 g/mol. The summed E-state index contributed by atoms with van der Waals surface area (Å²) in [5.74, 6) is -1.85. The van der Waals surface area contributed by atoms with Gasteiger partial charge in [0.15, 0.2) is 16.4 Å². The first-order chi connectivity index (χ1) is 16.4. The molecule has 0 aliphatic heterocycles. The molecule has 0 saturated carbocycles. The maximum atomic E-state index is 12.5. The first-order valence-corrected chi connectivity index (χ1v) is 13.4. The lowest BCUT2D eigenvalue weighted by molar-refractivity contribution is -0.387. The average molecular weight is 525 g/mol. The highest BCUT2D eigenvalue weighted by atomic mass is 32.2. The van der Waals surface area contributed by atoms with E-state index in [4.69, 9.17) is 9.47 Å². The van der Waals surface area contributed by atoms with Gasteiger partial charge in [0.1, 0.15) is 9.90 Å². The average Bonchev–Trinajstić information content (AvgIpc) is 3.13. The van der Waals surface area contributed by atoms with Gasteiger partial charge in [-0.2, -0.15) is 0 Å². The lowest BCUT2D eigenvalue weighted by atomic mass is 9.88. The van der Waals surface area contributed by atoms with Gasteiger partial charge in [0.25, 0.3) is 11.6 Å². The zero-order valence-electron chi connectivity index (χ0n) is 19.3. The van der Waals surface area contributed by atoms with Crippen LogP contribution in [0.3, 0.4) is 0 Å². The maximum Gasteiger partial charge on any atom is 0.341 e. The minimum Gasteiger partial charge on any atom is -0.462 e. The first kappa shape index (κ1) is 26.3. The van der Waals surface area contributed by atoms with Crippen LogP contribution >= 0.6 is 11.3 Å². The van der Waals surface area contributed by atoms with Crippen LogP contribution in [-0.4, -0.2) is 50.7 Å². The number of sulfone groups is 1. The molecule has 0 radical (unpaired) electrons. The smallest absolute Gasteiger partial charge is 0.341 e. The number of hydrogen-bond acceptors (Lipinski definition) is 10. The van der Waals surface area contributed by atoms with Crippen LogP contribution in [0.2, 0.25) is 0 Å². The van der Waals surface area contributed by atoms with E-state index < -0.39 is 49.8 Å². The quantitative estimate of drug-likeness (QED) is 0.311. The third kappa shape index (κ3) is 6.03. The van der Waals surface area contributed by atoms with Gasteiger partial charge >= 0.3 is 11.9 Å². The normalized spacial score (nSPS) is 15.1. The molecule has 1 N–H and O–H groups in total. The SMILES string of the molecule is CCOC(=O)c1c(NC(=O)COC(=O)c2ccc(S(C)(=O)=O)c([N+](=O)[O-])c2)sc2c1CCC(C)C2. The van der Waals surface area contributed by atoms with Crippen molar-refractivity contribution in [1.29, 1.82) is 0 Å². The zero-order valence-corrected chi connectivity index (χ0v) is 20.9. The van der Waals surface area contributed by atoms with Crippen LogP contribution in [0.4, 0.5) is 10.7 Å². The maximum absolute atomic E-state index is 12.5. The van der Waals surface area contributed by atoms with Crippen molar-refractivity contribution in [2.75, 3.05) is 24.8 Å². The van der Waals surface area contributed by atoms with Crippen LogP contribution in [0.1, 0.15) is 51.4 Å². The summed E-state index contributed by atoms with van der Waals surface area (Å²) in [6.45, 7) is 3.25.